The lowest BCUT2D eigenvalue weighted by molar-refractivity contribution is 0.164. The lowest BCUT2D eigenvalue weighted by Crippen LogP contribution is -2.18. The molecule has 0 radical (unpaired) electrons. The summed E-state index contributed by atoms with van der Waals surface area (Å²) in [7, 11) is 1.98. The molecule has 0 spiro atoms. The van der Waals surface area contributed by atoms with E-state index in [9.17, 15) is 0 Å². The van der Waals surface area contributed by atoms with Crippen LogP contribution < -0.4 is 5.32 Å². The van der Waals surface area contributed by atoms with Gasteiger partial charge < -0.3 is 10.1 Å². The van der Waals surface area contributed by atoms with Crippen LogP contribution in [0.2, 0.25) is 0 Å². The third-order valence-electron chi connectivity index (χ3n) is 2.49. The van der Waals surface area contributed by atoms with E-state index in [0.717, 1.165) is 19.4 Å². The van der Waals surface area contributed by atoms with Crippen LogP contribution in [-0.2, 0) is 4.74 Å². The maximum atomic E-state index is 5.52. The van der Waals surface area contributed by atoms with Crippen molar-refractivity contribution < 1.29 is 4.74 Å². The van der Waals surface area contributed by atoms with Gasteiger partial charge in [0.25, 0.3) is 0 Å². The molecule has 1 N–H and O–H groups in total. The van der Waals surface area contributed by atoms with Gasteiger partial charge in [-0.05, 0) is 38.0 Å². The van der Waals surface area contributed by atoms with E-state index in [2.05, 4.69) is 31.3 Å². The van der Waals surface area contributed by atoms with Gasteiger partial charge in [-0.25, -0.2) is 0 Å². The van der Waals surface area contributed by atoms with E-state index < -0.39 is 0 Å². The van der Waals surface area contributed by atoms with Crippen molar-refractivity contribution in [2.75, 3.05) is 13.6 Å². The van der Waals surface area contributed by atoms with E-state index in [1.807, 2.05) is 13.3 Å². The van der Waals surface area contributed by atoms with E-state index in [4.69, 9.17) is 4.74 Å². The Hall–Kier alpha value is -0.760. The van der Waals surface area contributed by atoms with Crippen molar-refractivity contribution in [3.05, 3.63) is 24.0 Å². The van der Waals surface area contributed by atoms with E-state index >= 15 is 0 Å². The first-order valence-electron chi connectivity index (χ1n) is 5.39. The minimum Gasteiger partial charge on any atom is -0.494 e. The first kappa shape index (κ1) is 11.3. The smallest absolute Gasteiger partial charge is 0.117 e. The fourth-order valence-electron chi connectivity index (χ4n) is 1.57. The summed E-state index contributed by atoms with van der Waals surface area (Å²) >= 11 is 0. The monoisotopic (exact) mass is 195 g/mol. The highest BCUT2D eigenvalue weighted by atomic mass is 16.5. The first-order valence-corrected chi connectivity index (χ1v) is 5.39. The van der Waals surface area contributed by atoms with Crippen molar-refractivity contribution in [3.8, 4) is 0 Å². The summed E-state index contributed by atoms with van der Waals surface area (Å²) in [5, 5.41) is 3.20. The van der Waals surface area contributed by atoms with Crippen LogP contribution in [0.3, 0.4) is 0 Å². The first-order chi connectivity index (χ1) is 6.74. The van der Waals surface area contributed by atoms with Crippen molar-refractivity contribution in [2.24, 2.45) is 5.92 Å². The molecule has 2 nitrogen and oxygen atoms in total. The second-order valence-corrected chi connectivity index (χ2v) is 4.05. The number of hydrogen-bond donors (Lipinski definition) is 1. The average molecular weight is 195 g/mol. The van der Waals surface area contributed by atoms with Crippen LogP contribution in [0.4, 0.5) is 0 Å². The highest BCUT2D eigenvalue weighted by Gasteiger charge is 2.10. The Morgan fingerprint density at radius 2 is 2.43 bits per heavy atom. The minimum absolute atomic E-state index is 0.283. The summed E-state index contributed by atoms with van der Waals surface area (Å²) in [6, 6.07) is 0. The van der Waals surface area contributed by atoms with Crippen molar-refractivity contribution in [1.82, 2.24) is 5.32 Å². The fourth-order valence-corrected chi connectivity index (χ4v) is 1.57. The summed E-state index contributed by atoms with van der Waals surface area (Å²) in [4.78, 5) is 0. The van der Waals surface area contributed by atoms with Gasteiger partial charge in [0.15, 0.2) is 0 Å². The Bertz CT molecular complexity index is 218. The molecule has 1 aliphatic heterocycles. The second kappa shape index (κ2) is 5.86. The topological polar surface area (TPSA) is 21.3 Å². The number of likely N-dealkylation sites (N-methyl/N-ethyl adjacent to an activating group) is 1. The molecular weight excluding hydrogens is 174 g/mol. The third-order valence-corrected chi connectivity index (χ3v) is 2.49. The van der Waals surface area contributed by atoms with Gasteiger partial charge in [0, 0.05) is 6.54 Å². The number of ether oxygens (including phenoxy) is 1. The fraction of sp³-hybridized carbons (Fsp3) is 0.667. The van der Waals surface area contributed by atoms with Crippen molar-refractivity contribution in [1.29, 1.82) is 0 Å². The van der Waals surface area contributed by atoms with Gasteiger partial charge in [0.1, 0.15) is 6.10 Å². The average Bonchev–Trinajstić information content (AvgIpc) is 2.18. The highest BCUT2D eigenvalue weighted by molar-refractivity contribution is 5.11. The van der Waals surface area contributed by atoms with Crippen LogP contribution >= 0.6 is 0 Å². The summed E-state index contributed by atoms with van der Waals surface area (Å²) < 4.78 is 5.52. The Kier molecular flexibility index (Phi) is 4.74. The second-order valence-electron chi connectivity index (χ2n) is 4.05. The van der Waals surface area contributed by atoms with Gasteiger partial charge in [-0.3, -0.25) is 0 Å². The number of rotatable bonds is 4. The molecule has 1 heterocycles. The minimum atomic E-state index is 0.283. The molecule has 1 aliphatic rings. The molecule has 1 unspecified atom stereocenters. The molecule has 0 aliphatic carbocycles. The van der Waals surface area contributed by atoms with E-state index in [-0.39, 0.29) is 6.10 Å². The Morgan fingerprint density at radius 1 is 1.64 bits per heavy atom. The van der Waals surface area contributed by atoms with Gasteiger partial charge in [-0.15, -0.1) is 0 Å². The normalized spacial score (nSPS) is 22.6. The zero-order valence-corrected chi connectivity index (χ0v) is 9.42. The third kappa shape index (κ3) is 3.54. The predicted molar refractivity (Wildman–Crippen MR) is 60.1 cm³/mol. The molecule has 0 aromatic rings. The molecule has 2 heteroatoms. The van der Waals surface area contributed by atoms with Crippen LogP contribution in [0.1, 0.15) is 26.7 Å². The number of allylic oxidation sites excluding steroid dienone is 1. The lowest BCUT2D eigenvalue weighted by Gasteiger charge is -2.19. The van der Waals surface area contributed by atoms with E-state index in [0.29, 0.717) is 5.92 Å². The zero-order chi connectivity index (χ0) is 10.4. The number of nitrogens with one attached hydrogen (secondary N) is 1. The number of hydrogen-bond acceptors (Lipinski definition) is 2. The van der Waals surface area contributed by atoms with Crippen LogP contribution in [0.5, 0.6) is 0 Å². The molecule has 80 valence electrons. The van der Waals surface area contributed by atoms with Gasteiger partial charge in [0.05, 0.1) is 6.26 Å². The molecule has 0 bridgehead atoms. The molecule has 14 heavy (non-hydrogen) atoms. The quantitative estimate of drug-likeness (QED) is 0.696. The van der Waals surface area contributed by atoms with Crippen molar-refractivity contribution >= 4 is 0 Å². The molecule has 0 saturated carbocycles. The van der Waals surface area contributed by atoms with E-state index in [1.165, 1.54) is 5.57 Å². The largest absolute Gasteiger partial charge is 0.494 e. The van der Waals surface area contributed by atoms with Crippen LogP contribution in [0.25, 0.3) is 0 Å². The summed E-state index contributed by atoms with van der Waals surface area (Å²) in [5.41, 5.74) is 1.44. The Labute approximate surface area is 87.0 Å². The Morgan fingerprint density at radius 3 is 2.93 bits per heavy atom. The molecule has 1 atom stereocenters. The predicted octanol–water partition coefficient (Wildman–Crippen LogP) is 2.48. The molecule has 0 amide bonds. The maximum absolute atomic E-state index is 5.52. The highest BCUT2D eigenvalue weighted by Crippen LogP contribution is 2.16. The molecule has 1 rings (SSSR count). The van der Waals surface area contributed by atoms with Crippen LogP contribution in [0.15, 0.2) is 24.0 Å². The van der Waals surface area contributed by atoms with Gasteiger partial charge >= 0.3 is 0 Å². The molecule has 0 aromatic heterocycles. The van der Waals surface area contributed by atoms with Crippen molar-refractivity contribution in [3.63, 3.8) is 0 Å². The molecule has 0 aromatic carbocycles. The maximum Gasteiger partial charge on any atom is 0.117 e. The summed E-state index contributed by atoms with van der Waals surface area (Å²) in [6.45, 7) is 5.41. The standard InChI is InChI=1S/C12H21NO/c1-10(2)11(9-13-3)8-12-6-4-5-7-14-12/h5,7-8,10,12-13H,4,6,9H2,1-3H3. The van der Waals surface area contributed by atoms with Crippen LogP contribution in [0, 0.1) is 5.92 Å². The van der Waals surface area contributed by atoms with Gasteiger partial charge in [-0.1, -0.05) is 19.4 Å². The lowest BCUT2D eigenvalue weighted by atomic mass is 9.99. The molecular formula is C12H21NO. The van der Waals surface area contributed by atoms with E-state index in [1.54, 1.807) is 0 Å². The van der Waals surface area contributed by atoms with Gasteiger partial charge in [-0.2, -0.15) is 0 Å². The van der Waals surface area contributed by atoms with Gasteiger partial charge in [0.2, 0.25) is 0 Å². The SMILES string of the molecule is CNCC(=CC1CCC=CO1)C(C)C. The summed E-state index contributed by atoms with van der Waals surface area (Å²) in [5.74, 6) is 0.594. The van der Waals surface area contributed by atoms with Crippen LogP contribution in [-0.4, -0.2) is 19.7 Å². The Balaban J connectivity index is 2.56. The molecule has 0 saturated heterocycles. The van der Waals surface area contributed by atoms with Crippen molar-refractivity contribution in [2.45, 2.75) is 32.8 Å². The molecule has 0 fully saturated rings. The summed E-state index contributed by atoms with van der Waals surface area (Å²) in [6.07, 6.45) is 8.69. The zero-order valence-electron chi connectivity index (χ0n) is 9.42.